The van der Waals surface area contributed by atoms with Gasteiger partial charge in [-0.1, -0.05) is 20.3 Å². The topological polar surface area (TPSA) is 21.3 Å². The van der Waals surface area contributed by atoms with Gasteiger partial charge in [-0.05, 0) is 44.1 Å². The van der Waals surface area contributed by atoms with Crippen LogP contribution in [0.4, 0.5) is 0 Å². The molecule has 15 heavy (non-hydrogen) atoms. The molecule has 3 atom stereocenters. The van der Waals surface area contributed by atoms with Gasteiger partial charge in [-0.15, -0.1) is 0 Å². The Morgan fingerprint density at radius 1 is 1.13 bits per heavy atom. The van der Waals surface area contributed by atoms with Crippen LogP contribution < -0.4 is 5.32 Å². The largest absolute Gasteiger partial charge is 0.385 e. The lowest BCUT2D eigenvalue weighted by atomic mass is 9.79. The summed E-state index contributed by atoms with van der Waals surface area (Å²) in [5.41, 5.74) is 0. The van der Waals surface area contributed by atoms with Crippen LogP contribution in [-0.2, 0) is 4.74 Å². The van der Waals surface area contributed by atoms with Gasteiger partial charge < -0.3 is 10.1 Å². The Kier molecular flexibility index (Phi) is 6.26. The first-order valence-electron chi connectivity index (χ1n) is 6.48. The number of rotatable bonds is 6. The molecule has 0 bridgehead atoms. The van der Waals surface area contributed by atoms with Gasteiger partial charge in [-0.3, -0.25) is 0 Å². The second-order valence-electron chi connectivity index (χ2n) is 5.07. The van der Waals surface area contributed by atoms with E-state index < -0.39 is 0 Å². The van der Waals surface area contributed by atoms with Crippen LogP contribution in [0, 0.1) is 11.8 Å². The van der Waals surface area contributed by atoms with Crippen molar-refractivity contribution in [1.82, 2.24) is 5.32 Å². The number of methoxy groups -OCH3 is 1. The van der Waals surface area contributed by atoms with Crippen molar-refractivity contribution in [3.8, 4) is 0 Å². The number of nitrogens with one attached hydrogen (secondary N) is 1. The first-order valence-corrected chi connectivity index (χ1v) is 6.48. The van der Waals surface area contributed by atoms with E-state index in [-0.39, 0.29) is 0 Å². The third-order valence-electron chi connectivity index (χ3n) is 3.70. The van der Waals surface area contributed by atoms with Crippen LogP contribution in [-0.4, -0.2) is 26.3 Å². The molecular formula is C13H27NO. The number of hydrogen-bond acceptors (Lipinski definition) is 2. The maximum absolute atomic E-state index is 5.05. The summed E-state index contributed by atoms with van der Waals surface area (Å²) in [6.45, 7) is 6.84. The molecule has 0 aromatic carbocycles. The quantitative estimate of drug-likeness (QED) is 0.685. The summed E-state index contributed by atoms with van der Waals surface area (Å²) in [6, 6.07) is 0.751. The molecule has 1 fully saturated rings. The summed E-state index contributed by atoms with van der Waals surface area (Å²) in [5, 5.41) is 3.72. The monoisotopic (exact) mass is 213 g/mol. The van der Waals surface area contributed by atoms with Crippen molar-refractivity contribution in [2.75, 3.05) is 20.3 Å². The van der Waals surface area contributed by atoms with Gasteiger partial charge in [0.05, 0.1) is 0 Å². The molecule has 0 spiro atoms. The van der Waals surface area contributed by atoms with Crippen LogP contribution in [0.2, 0.25) is 0 Å². The molecule has 0 aromatic heterocycles. The van der Waals surface area contributed by atoms with E-state index in [1.165, 1.54) is 32.1 Å². The molecule has 2 nitrogen and oxygen atoms in total. The van der Waals surface area contributed by atoms with E-state index in [0.29, 0.717) is 0 Å². The van der Waals surface area contributed by atoms with E-state index in [0.717, 1.165) is 31.0 Å². The van der Waals surface area contributed by atoms with E-state index in [1.807, 2.05) is 0 Å². The Balaban J connectivity index is 2.12. The predicted octanol–water partition coefficient (Wildman–Crippen LogP) is 2.83. The van der Waals surface area contributed by atoms with E-state index in [2.05, 4.69) is 19.2 Å². The Morgan fingerprint density at radius 3 is 2.40 bits per heavy atom. The molecule has 0 heterocycles. The zero-order chi connectivity index (χ0) is 11.1. The normalized spacial score (nSPS) is 31.8. The zero-order valence-electron chi connectivity index (χ0n) is 10.6. The molecule has 1 aliphatic carbocycles. The van der Waals surface area contributed by atoms with E-state index >= 15 is 0 Å². The number of unbranched alkanes of at least 4 members (excludes halogenated alkanes) is 1. The fourth-order valence-electron chi connectivity index (χ4n) is 2.72. The van der Waals surface area contributed by atoms with Crippen molar-refractivity contribution in [1.29, 1.82) is 0 Å². The van der Waals surface area contributed by atoms with Crippen LogP contribution in [0.15, 0.2) is 0 Å². The van der Waals surface area contributed by atoms with Gasteiger partial charge in [-0.25, -0.2) is 0 Å². The van der Waals surface area contributed by atoms with E-state index in [9.17, 15) is 0 Å². The third kappa shape index (κ3) is 4.52. The smallest absolute Gasteiger partial charge is 0.0462 e. The van der Waals surface area contributed by atoms with Gasteiger partial charge >= 0.3 is 0 Å². The van der Waals surface area contributed by atoms with Crippen molar-refractivity contribution >= 4 is 0 Å². The van der Waals surface area contributed by atoms with Crippen LogP contribution in [0.1, 0.15) is 46.0 Å². The molecule has 90 valence electrons. The van der Waals surface area contributed by atoms with Crippen molar-refractivity contribution in [2.45, 2.75) is 52.0 Å². The van der Waals surface area contributed by atoms with Crippen molar-refractivity contribution in [3.63, 3.8) is 0 Å². The average molecular weight is 213 g/mol. The van der Waals surface area contributed by atoms with Gasteiger partial charge in [0, 0.05) is 19.8 Å². The van der Waals surface area contributed by atoms with Gasteiger partial charge in [0.1, 0.15) is 0 Å². The summed E-state index contributed by atoms with van der Waals surface area (Å²) in [7, 11) is 1.78. The Labute approximate surface area is 94.8 Å². The van der Waals surface area contributed by atoms with Crippen LogP contribution >= 0.6 is 0 Å². The van der Waals surface area contributed by atoms with Crippen molar-refractivity contribution in [2.24, 2.45) is 11.8 Å². The molecule has 1 N–H and O–H groups in total. The first kappa shape index (κ1) is 13.0. The minimum Gasteiger partial charge on any atom is -0.385 e. The van der Waals surface area contributed by atoms with Crippen LogP contribution in [0.3, 0.4) is 0 Å². The summed E-state index contributed by atoms with van der Waals surface area (Å²) < 4.78 is 5.05. The van der Waals surface area contributed by atoms with Gasteiger partial charge in [0.15, 0.2) is 0 Å². The molecule has 0 aliphatic heterocycles. The van der Waals surface area contributed by atoms with Crippen LogP contribution in [0.5, 0.6) is 0 Å². The number of ether oxygens (including phenoxy) is 1. The lowest BCUT2D eigenvalue weighted by Gasteiger charge is -2.35. The highest BCUT2D eigenvalue weighted by atomic mass is 16.5. The van der Waals surface area contributed by atoms with Gasteiger partial charge in [0.25, 0.3) is 0 Å². The fourth-order valence-corrected chi connectivity index (χ4v) is 2.72. The average Bonchev–Trinajstić information content (AvgIpc) is 2.21. The first-order chi connectivity index (χ1) is 7.25. The summed E-state index contributed by atoms with van der Waals surface area (Å²) >= 11 is 0. The molecule has 0 aromatic rings. The molecule has 2 heteroatoms. The lowest BCUT2D eigenvalue weighted by Crippen LogP contribution is -2.43. The number of hydrogen-bond donors (Lipinski definition) is 1. The SMILES string of the molecule is COCCCCNC1[C@H](C)CCC[C@@H]1C. The molecule has 0 amide bonds. The lowest BCUT2D eigenvalue weighted by molar-refractivity contribution is 0.185. The second-order valence-corrected chi connectivity index (χ2v) is 5.07. The zero-order valence-corrected chi connectivity index (χ0v) is 10.6. The Hall–Kier alpha value is -0.0800. The highest BCUT2D eigenvalue weighted by Gasteiger charge is 2.26. The molecular weight excluding hydrogens is 186 g/mol. The summed E-state index contributed by atoms with van der Waals surface area (Å²) in [6.07, 6.45) is 6.65. The third-order valence-corrected chi connectivity index (χ3v) is 3.70. The maximum Gasteiger partial charge on any atom is 0.0462 e. The van der Waals surface area contributed by atoms with E-state index in [1.54, 1.807) is 7.11 Å². The van der Waals surface area contributed by atoms with Gasteiger partial charge in [0.2, 0.25) is 0 Å². The summed E-state index contributed by atoms with van der Waals surface area (Å²) in [4.78, 5) is 0. The molecule has 1 rings (SSSR count). The second kappa shape index (κ2) is 7.24. The molecule has 1 saturated carbocycles. The van der Waals surface area contributed by atoms with Gasteiger partial charge in [-0.2, -0.15) is 0 Å². The molecule has 0 saturated heterocycles. The molecule has 1 aliphatic rings. The highest BCUT2D eigenvalue weighted by molar-refractivity contribution is 4.83. The molecule has 1 unspecified atom stereocenters. The Morgan fingerprint density at radius 2 is 1.80 bits per heavy atom. The van der Waals surface area contributed by atoms with Crippen molar-refractivity contribution < 1.29 is 4.74 Å². The van der Waals surface area contributed by atoms with E-state index in [4.69, 9.17) is 4.74 Å². The standard InChI is InChI=1S/C13H27NO/c1-11-7-6-8-12(2)13(11)14-9-4-5-10-15-3/h11-14H,4-10H2,1-3H3/t11-,12+,13?. The Bertz CT molecular complexity index is 151. The van der Waals surface area contributed by atoms with Crippen LogP contribution in [0.25, 0.3) is 0 Å². The van der Waals surface area contributed by atoms with Crippen molar-refractivity contribution in [3.05, 3.63) is 0 Å². The minimum atomic E-state index is 0.751. The highest BCUT2D eigenvalue weighted by Crippen LogP contribution is 2.28. The minimum absolute atomic E-state index is 0.751. The fraction of sp³-hybridized carbons (Fsp3) is 1.00. The molecule has 0 radical (unpaired) electrons. The predicted molar refractivity (Wildman–Crippen MR) is 65.1 cm³/mol. The maximum atomic E-state index is 5.05. The summed E-state index contributed by atoms with van der Waals surface area (Å²) in [5.74, 6) is 1.72.